The van der Waals surface area contributed by atoms with E-state index in [1.54, 1.807) is 24.3 Å². The summed E-state index contributed by atoms with van der Waals surface area (Å²) in [5, 5.41) is 11.7. The van der Waals surface area contributed by atoms with Crippen molar-refractivity contribution in [1.29, 1.82) is 0 Å². The zero-order valence-corrected chi connectivity index (χ0v) is 12.5. The first kappa shape index (κ1) is 15.1. The van der Waals surface area contributed by atoms with Crippen molar-refractivity contribution in [3.63, 3.8) is 0 Å². The van der Waals surface area contributed by atoms with E-state index in [2.05, 4.69) is 5.32 Å². The van der Waals surface area contributed by atoms with Gasteiger partial charge in [0.2, 0.25) is 0 Å². The first-order chi connectivity index (χ1) is 11.1. The van der Waals surface area contributed by atoms with E-state index in [0.29, 0.717) is 19.4 Å². The molecule has 118 valence electrons. The molecule has 1 heterocycles. The van der Waals surface area contributed by atoms with Gasteiger partial charge >= 0.3 is 5.97 Å². The van der Waals surface area contributed by atoms with Crippen molar-refractivity contribution < 1.29 is 19.4 Å². The molecule has 0 radical (unpaired) electrons. The minimum absolute atomic E-state index is 0.122. The molecule has 0 bridgehead atoms. The topological polar surface area (TPSA) is 75.6 Å². The summed E-state index contributed by atoms with van der Waals surface area (Å²) in [4.78, 5) is 22.9. The Hall–Kier alpha value is -2.82. The molecule has 2 aromatic carbocycles. The number of para-hydroxylation sites is 1. The van der Waals surface area contributed by atoms with Crippen molar-refractivity contribution in [1.82, 2.24) is 5.32 Å². The maximum Gasteiger partial charge on any atom is 0.335 e. The van der Waals surface area contributed by atoms with Gasteiger partial charge in [-0.3, -0.25) is 4.79 Å². The number of carboxylic acids is 1. The largest absolute Gasteiger partial charge is 0.480 e. The second-order valence-corrected chi connectivity index (χ2v) is 5.46. The molecule has 1 aliphatic heterocycles. The van der Waals surface area contributed by atoms with Crippen LogP contribution in [0.1, 0.15) is 21.5 Å². The Balaban J connectivity index is 1.48. The second-order valence-electron chi connectivity index (χ2n) is 5.46. The van der Waals surface area contributed by atoms with E-state index in [9.17, 15) is 9.59 Å². The smallest absolute Gasteiger partial charge is 0.335 e. The van der Waals surface area contributed by atoms with Crippen LogP contribution < -0.4 is 10.1 Å². The number of hydrogen-bond donors (Lipinski definition) is 2. The molecule has 0 spiro atoms. The molecule has 0 saturated heterocycles. The third-order valence-corrected chi connectivity index (χ3v) is 3.85. The molecule has 0 aliphatic carbocycles. The number of rotatable bonds is 5. The van der Waals surface area contributed by atoms with Crippen LogP contribution in [0.15, 0.2) is 48.5 Å². The van der Waals surface area contributed by atoms with Crippen molar-refractivity contribution in [3.8, 4) is 5.75 Å². The molecule has 0 saturated carbocycles. The van der Waals surface area contributed by atoms with Gasteiger partial charge < -0.3 is 15.2 Å². The first-order valence-corrected chi connectivity index (χ1v) is 7.48. The normalized spacial score (nSPS) is 15.6. The van der Waals surface area contributed by atoms with Crippen molar-refractivity contribution >= 4 is 11.9 Å². The quantitative estimate of drug-likeness (QED) is 0.886. The van der Waals surface area contributed by atoms with Gasteiger partial charge in [0, 0.05) is 13.0 Å². The number of benzene rings is 2. The fourth-order valence-electron chi connectivity index (χ4n) is 2.59. The van der Waals surface area contributed by atoms with E-state index in [1.165, 1.54) is 0 Å². The molecule has 0 unspecified atom stereocenters. The van der Waals surface area contributed by atoms with Gasteiger partial charge in [-0.15, -0.1) is 0 Å². The van der Waals surface area contributed by atoms with Crippen molar-refractivity contribution in [3.05, 3.63) is 65.2 Å². The summed E-state index contributed by atoms with van der Waals surface area (Å²) < 4.78 is 5.64. The third-order valence-electron chi connectivity index (χ3n) is 3.85. The van der Waals surface area contributed by atoms with Crippen LogP contribution in [0.5, 0.6) is 5.75 Å². The van der Waals surface area contributed by atoms with Crippen LogP contribution in [0.2, 0.25) is 0 Å². The molecule has 5 nitrogen and oxygen atoms in total. The van der Waals surface area contributed by atoms with Gasteiger partial charge in [0.15, 0.2) is 6.10 Å². The SMILES string of the molecule is O=C(O)c1ccc(CCNC(=O)[C@@H]2Cc3ccccc3O2)cc1. The Kier molecular flexibility index (Phi) is 4.28. The van der Waals surface area contributed by atoms with Crippen LogP contribution in [-0.4, -0.2) is 29.6 Å². The van der Waals surface area contributed by atoms with Gasteiger partial charge in [-0.1, -0.05) is 30.3 Å². The summed E-state index contributed by atoms with van der Waals surface area (Å²) in [5.41, 5.74) is 2.29. The highest BCUT2D eigenvalue weighted by Gasteiger charge is 2.28. The van der Waals surface area contributed by atoms with Crippen LogP contribution in [-0.2, 0) is 17.6 Å². The number of fused-ring (bicyclic) bond motifs is 1. The van der Waals surface area contributed by atoms with E-state index in [-0.39, 0.29) is 11.5 Å². The molecule has 1 atom stereocenters. The number of nitrogens with one attached hydrogen (secondary N) is 1. The lowest BCUT2D eigenvalue weighted by Crippen LogP contribution is -2.38. The Morgan fingerprint density at radius 1 is 1.13 bits per heavy atom. The number of ether oxygens (including phenoxy) is 1. The van der Waals surface area contributed by atoms with Gasteiger partial charge in [-0.25, -0.2) is 4.79 Å². The highest BCUT2D eigenvalue weighted by atomic mass is 16.5. The van der Waals surface area contributed by atoms with Crippen LogP contribution >= 0.6 is 0 Å². The second kappa shape index (κ2) is 6.52. The van der Waals surface area contributed by atoms with Crippen molar-refractivity contribution in [2.45, 2.75) is 18.9 Å². The van der Waals surface area contributed by atoms with E-state index < -0.39 is 12.1 Å². The first-order valence-electron chi connectivity index (χ1n) is 7.48. The molecule has 0 aromatic heterocycles. The average molecular weight is 311 g/mol. The van der Waals surface area contributed by atoms with Crippen molar-refractivity contribution in [2.24, 2.45) is 0 Å². The number of amides is 1. The fourth-order valence-corrected chi connectivity index (χ4v) is 2.59. The van der Waals surface area contributed by atoms with Crippen LogP contribution in [0, 0.1) is 0 Å². The Morgan fingerprint density at radius 3 is 2.57 bits per heavy atom. The lowest BCUT2D eigenvalue weighted by Gasteiger charge is -2.11. The summed E-state index contributed by atoms with van der Waals surface area (Å²) >= 11 is 0. The maximum atomic E-state index is 12.1. The number of hydrogen-bond acceptors (Lipinski definition) is 3. The molecule has 1 aliphatic rings. The minimum atomic E-state index is -0.942. The molecule has 2 N–H and O–H groups in total. The molecular weight excluding hydrogens is 294 g/mol. The van der Waals surface area contributed by atoms with Gasteiger partial charge in [0.05, 0.1) is 5.56 Å². The molecule has 2 aromatic rings. The van der Waals surface area contributed by atoms with E-state index >= 15 is 0 Å². The number of carboxylic acid groups (broad SMARTS) is 1. The Bertz CT molecular complexity index is 699. The van der Waals surface area contributed by atoms with Crippen LogP contribution in [0.25, 0.3) is 0 Å². The lowest BCUT2D eigenvalue weighted by atomic mass is 10.1. The highest BCUT2D eigenvalue weighted by molar-refractivity contribution is 5.87. The van der Waals surface area contributed by atoms with Gasteiger partial charge in [-0.2, -0.15) is 0 Å². The predicted octanol–water partition coefficient (Wildman–Crippen LogP) is 2.05. The minimum Gasteiger partial charge on any atom is -0.480 e. The molecule has 0 fully saturated rings. The van der Waals surface area contributed by atoms with Gasteiger partial charge in [0.25, 0.3) is 5.91 Å². The molecule has 23 heavy (non-hydrogen) atoms. The van der Waals surface area contributed by atoms with Gasteiger partial charge in [-0.05, 0) is 35.7 Å². The maximum absolute atomic E-state index is 12.1. The summed E-state index contributed by atoms with van der Waals surface area (Å²) in [6.45, 7) is 0.488. The Labute approximate surface area is 133 Å². The van der Waals surface area contributed by atoms with Crippen LogP contribution in [0.4, 0.5) is 0 Å². The monoisotopic (exact) mass is 311 g/mol. The standard InChI is InChI=1S/C18H17NO4/c20-17(16-11-14-3-1-2-4-15(14)23-16)19-10-9-12-5-7-13(8-6-12)18(21)22/h1-8,16H,9-11H2,(H,19,20)(H,21,22)/t16-/m0/s1. The number of carbonyl (C=O) groups excluding carboxylic acids is 1. The average Bonchev–Trinajstić information content (AvgIpc) is 2.99. The van der Waals surface area contributed by atoms with Crippen molar-refractivity contribution in [2.75, 3.05) is 6.54 Å². The Morgan fingerprint density at radius 2 is 1.87 bits per heavy atom. The van der Waals surface area contributed by atoms with Gasteiger partial charge in [0.1, 0.15) is 5.75 Å². The fraction of sp³-hybridized carbons (Fsp3) is 0.222. The van der Waals surface area contributed by atoms with E-state index in [4.69, 9.17) is 9.84 Å². The summed E-state index contributed by atoms with van der Waals surface area (Å²) in [6, 6.07) is 14.3. The van der Waals surface area contributed by atoms with E-state index in [1.807, 2.05) is 24.3 Å². The molecule has 3 rings (SSSR count). The summed E-state index contributed by atoms with van der Waals surface area (Å²) in [6.07, 6.45) is 0.766. The number of carbonyl (C=O) groups is 2. The highest BCUT2D eigenvalue weighted by Crippen LogP contribution is 2.28. The lowest BCUT2D eigenvalue weighted by molar-refractivity contribution is -0.127. The molecule has 5 heteroatoms. The molecular formula is C18H17NO4. The third kappa shape index (κ3) is 3.51. The predicted molar refractivity (Wildman–Crippen MR) is 84.7 cm³/mol. The zero-order chi connectivity index (χ0) is 16.2. The number of aromatic carboxylic acids is 1. The zero-order valence-electron chi connectivity index (χ0n) is 12.5. The van der Waals surface area contributed by atoms with E-state index in [0.717, 1.165) is 16.9 Å². The summed E-state index contributed by atoms with van der Waals surface area (Å²) in [5.74, 6) is -0.289. The molecule has 1 amide bonds. The van der Waals surface area contributed by atoms with Crippen LogP contribution in [0.3, 0.4) is 0 Å². The summed E-state index contributed by atoms with van der Waals surface area (Å²) in [7, 11) is 0.